The van der Waals surface area contributed by atoms with Crippen molar-refractivity contribution in [2.75, 3.05) is 29.5 Å². The SMILES string of the molecule is CC(O)c1nccc(N2CC(C)N(c3ccnc(CCO)n3)[C@H](C)C2)n1. The second-order valence-corrected chi connectivity index (χ2v) is 6.76. The quantitative estimate of drug-likeness (QED) is 0.815. The molecule has 1 aliphatic rings. The van der Waals surface area contributed by atoms with Crippen molar-refractivity contribution in [2.24, 2.45) is 0 Å². The molecule has 0 amide bonds. The standard InChI is InChI=1S/C18H26N6O2/c1-12-10-23(16-4-8-20-18(22-16)14(3)26)11-13(2)24(12)17-5-7-19-15(21-17)6-9-25/h4-5,7-8,12-14,25-26H,6,9-11H2,1-3H3/t12-,13?,14?/m1/s1. The fourth-order valence-corrected chi connectivity index (χ4v) is 3.46. The van der Waals surface area contributed by atoms with Gasteiger partial charge in [-0.1, -0.05) is 0 Å². The molecule has 1 saturated heterocycles. The van der Waals surface area contributed by atoms with Gasteiger partial charge in [0.2, 0.25) is 0 Å². The van der Waals surface area contributed by atoms with Crippen molar-refractivity contribution in [3.05, 3.63) is 36.2 Å². The van der Waals surface area contributed by atoms with Crippen molar-refractivity contribution in [3.8, 4) is 0 Å². The molecule has 8 heteroatoms. The van der Waals surface area contributed by atoms with E-state index in [1.165, 1.54) is 0 Å². The van der Waals surface area contributed by atoms with Crippen LogP contribution in [-0.4, -0.2) is 61.9 Å². The third kappa shape index (κ3) is 3.91. The van der Waals surface area contributed by atoms with Crippen LogP contribution in [0.1, 0.15) is 38.5 Å². The third-order valence-corrected chi connectivity index (χ3v) is 4.57. The van der Waals surface area contributed by atoms with Crippen molar-refractivity contribution >= 4 is 11.6 Å². The monoisotopic (exact) mass is 358 g/mol. The van der Waals surface area contributed by atoms with Gasteiger partial charge in [-0.2, -0.15) is 0 Å². The maximum atomic E-state index is 9.73. The first-order chi connectivity index (χ1) is 12.5. The van der Waals surface area contributed by atoms with Gasteiger partial charge < -0.3 is 20.0 Å². The van der Waals surface area contributed by atoms with Crippen LogP contribution in [-0.2, 0) is 6.42 Å². The summed E-state index contributed by atoms with van der Waals surface area (Å²) in [5.74, 6) is 2.81. The molecule has 140 valence electrons. The second kappa shape index (κ2) is 7.92. The maximum absolute atomic E-state index is 9.73. The van der Waals surface area contributed by atoms with Crippen LogP contribution in [0.25, 0.3) is 0 Å². The molecule has 0 aliphatic carbocycles. The van der Waals surface area contributed by atoms with Gasteiger partial charge in [-0.3, -0.25) is 0 Å². The van der Waals surface area contributed by atoms with Gasteiger partial charge in [-0.25, -0.2) is 19.9 Å². The van der Waals surface area contributed by atoms with E-state index in [-0.39, 0.29) is 18.7 Å². The Morgan fingerprint density at radius 2 is 1.73 bits per heavy atom. The summed E-state index contributed by atoms with van der Waals surface area (Å²) in [5.41, 5.74) is 0. The highest BCUT2D eigenvalue weighted by Crippen LogP contribution is 2.25. The molecule has 0 spiro atoms. The van der Waals surface area contributed by atoms with Crippen molar-refractivity contribution < 1.29 is 10.2 Å². The number of hydrogen-bond acceptors (Lipinski definition) is 8. The Morgan fingerprint density at radius 1 is 1.08 bits per heavy atom. The minimum atomic E-state index is -0.683. The summed E-state index contributed by atoms with van der Waals surface area (Å²) < 4.78 is 0. The van der Waals surface area contributed by atoms with E-state index >= 15 is 0 Å². The van der Waals surface area contributed by atoms with Gasteiger partial charge >= 0.3 is 0 Å². The van der Waals surface area contributed by atoms with Crippen LogP contribution < -0.4 is 9.80 Å². The van der Waals surface area contributed by atoms with Gasteiger partial charge in [-0.05, 0) is 32.9 Å². The van der Waals surface area contributed by atoms with E-state index < -0.39 is 6.10 Å². The molecule has 3 heterocycles. The van der Waals surface area contributed by atoms with E-state index in [1.807, 2.05) is 12.1 Å². The number of piperazine rings is 1. The van der Waals surface area contributed by atoms with E-state index in [0.29, 0.717) is 18.1 Å². The van der Waals surface area contributed by atoms with Crippen LogP contribution in [0.5, 0.6) is 0 Å². The minimum Gasteiger partial charge on any atom is -0.396 e. The summed E-state index contributed by atoms with van der Waals surface area (Å²) in [4.78, 5) is 21.9. The molecular formula is C18H26N6O2. The topological polar surface area (TPSA) is 98.5 Å². The zero-order valence-corrected chi connectivity index (χ0v) is 15.4. The molecular weight excluding hydrogens is 332 g/mol. The first-order valence-corrected chi connectivity index (χ1v) is 8.96. The van der Waals surface area contributed by atoms with Crippen LogP contribution in [0.4, 0.5) is 11.6 Å². The highest BCUT2D eigenvalue weighted by Gasteiger charge is 2.31. The average Bonchev–Trinajstić information content (AvgIpc) is 2.62. The predicted molar refractivity (Wildman–Crippen MR) is 99.1 cm³/mol. The number of rotatable bonds is 5. The predicted octanol–water partition coefficient (Wildman–Crippen LogP) is 0.958. The molecule has 2 aromatic heterocycles. The first kappa shape index (κ1) is 18.5. The summed E-state index contributed by atoms with van der Waals surface area (Å²) >= 11 is 0. The van der Waals surface area contributed by atoms with Gasteiger partial charge in [-0.15, -0.1) is 0 Å². The number of aromatic nitrogens is 4. The van der Waals surface area contributed by atoms with Crippen LogP contribution in [0.15, 0.2) is 24.5 Å². The fraction of sp³-hybridized carbons (Fsp3) is 0.556. The number of aliphatic hydroxyl groups excluding tert-OH is 2. The van der Waals surface area contributed by atoms with E-state index in [0.717, 1.165) is 24.7 Å². The highest BCUT2D eigenvalue weighted by atomic mass is 16.3. The Labute approximate surface area is 153 Å². The van der Waals surface area contributed by atoms with Crippen molar-refractivity contribution in [1.29, 1.82) is 0 Å². The number of nitrogens with zero attached hydrogens (tertiary/aromatic N) is 6. The lowest BCUT2D eigenvalue weighted by atomic mass is 10.1. The zero-order chi connectivity index (χ0) is 18.7. The average molecular weight is 358 g/mol. The van der Waals surface area contributed by atoms with E-state index in [1.54, 1.807) is 19.3 Å². The van der Waals surface area contributed by atoms with E-state index in [9.17, 15) is 5.11 Å². The zero-order valence-electron chi connectivity index (χ0n) is 15.4. The number of anilines is 2. The molecule has 0 radical (unpaired) electrons. The Balaban J connectivity index is 1.79. The van der Waals surface area contributed by atoms with Crippen LogP contribution in [0, 0.1) is 0 Å². The Morgan fingerprint density at radius 3 is 2.38 bits per heavy atom. The van der Waals surface area contributed by atoms with Gasteiger partial charge in [0, 0.05) is 44.0 Å². The fourth-order valence-electron chi connectivity index (χ4n) is 3.46. The van der Waals surface area contributed by atoms with Crippen molar-refractivity contribution in [2.45, 2.75) is 45.4 Å². The number of hydrogen-bond donors (Lipinski definition) is 2. The van der Waals surface area contributed by atoms with E-state index in [4.69, 9.17) is 5.11 Å². The summed E-state index contributed by atoms with van der Waals surface area (Å²) in [5, 5.41) is 18.8. The molecule has 1 aliphatic heterocycles. The highest BCUT2D eigenvalue weighted by molar-refractivity contribution is 5.47. The molecule has 1 fully saturated rings. The molecule has 0 aromatic carbocycles. The van der Waals surface area contributed by atoms with Crippen LogP contribution in [0.3, 0.4) is 0 Å². The maximum Gasteiger partial charge on any atom is 0.158 e. The van der Waals surface area contributed by atoms with Gasteiger partial charge in [0.25, 0.3) is 0 Å². The third-order valence-electron chi connectivity index (χ3n) is 4.57. The lowest BCUT2D eigenvalue weighted by molar-refractivity contribution is 0.189. The Bertz CT molecular complexity index is 729. The molecule has 2 unspecified atom stereocenters. The van der Waals surface area contributed by atoms with Gasteiger partial charge in [0.05, 0.1) is 6.61 Å². The summed E-state index contributed by atoms with van der Waals surface area (Å²) in [6.07, 6.45) is 3.22. The lowest BCUT2D eigenvalue weighted by Gasteiger charge is -2.45. The molecule has 2 N–H and O–H groups in total. The van der Waals surface area contributed by atoms with E-state index in [2.05, 4.69) is 43.6 Å². The molecule has 26 heavy (non-hydrogen) atoms. The molecule has 8 nitrogen and oxygen atoms in total. The van der Waals surface area contributed by atoms with Crippen molar-refractivity contribution in [1.82, 2.24) is 19.9 Å². The lowest BCUT2D eigenvalue weighted by Crippen LogP contribution is -2.57. The summed E-state index contributed by atoms with van der Waals surface area (Å²) in [6.45, 7) is 7.61. The molecule has 0 bridgehead atoms. The molecule has 3 atom stereocenters. The van der Waals surface area contributed by atoms with Crippen LogP contribution >= 0.6 is 0 Å². The van der Waals surface area contributed by atoms with Gasteiger partial charge in [0.15, 0.2) is 5.82 Å². The normalized spacial score (nSPS) is 21.7. The second-order valence-electron chi connectivity index (χ2n) is 6.76. The van der Waals surface area contributed by atoms with Gasteiger partial charge in [0.1, 0.15) is 23.6 Å². The van der Waals surface area contributed by atoms with Crippen molar-refractivity contribution in [3.63, 3.8) is 0 Å². The first-order valence-electron chi connectivity index (χ1n) is 8.96. The largest absolute Gasteiger partial charge is 0.396 e. The molecule has 0 saturated carbocycles. The summed E-state index contributed by atoms with van der Waals surface area (Å²) in [6, 6.07) is 4.24. The van der Waals surface area contributed by atoms with Crippen LogP contribution in [0.2, 0.25) is 0 Å². The Hall–Kier alpha value is -2.32. The number of aliphatic hydroxyl groups is 2. The Kier molecular flexibility index (Phi) is 5.63. The minimum absolute atomic E-state index is 0.0433. The summed E-state index contributed by atoms with van der Waals surface area (Å²) in [7, 11) is 0. The smallest absolute Gasteiger partial charge is 0.158 e. The molecule has 2 aromatic rings. The molecule has 3 rings (SSSR count).